The summed E-state index contributed by atoms with van der Waals surface area (Å²) in [5, 5.41) is 27.7. The summed E-state index contributed by atoms with van der Waals surface area (Å²) in [6.07, 6.45) is 2.95. The standard InChI is InChI=1S/C12H18N4O4/c1-3-8-9(16(19)20)10(15(2)14-8)13-12(11(17)18)6-4-5-7-12/h13H,3-7H2,1-2H3,(H,17,18). The van der Waals surface area contributed by atoms with Crippen LogP contribution in [-0.2, 0) is 18.3 Å². The van der Waals surface area contributed by atoms with E-state index in [0.29, 0.717) is 25.0 Å². The van der Waals surface area contributed by atoms with Crippen molar-refractivity contribution in [3.8, 4) is 0 Å². The number of nitrogens with zero attached hydrogens (tertiary/aromatic N) is 3. The molecule has 2 N–H and O–H groups in total. The lowest BCUT2D eigenvalue weighted by atomic mass is 9.98. The number of anilines is 1. The van der Waals surface area contributed by atoms with E-state index in [4.69, 9.17) is 0 Å². The fourth-order valence-corrected chi connectivity index (χ4v) is 2.74. The number of carbonyl (C=O) groups is 1. The number of aromatic nitrogens is 2. The lowest BCUT2D eigenvalue weighted by molar-refractivity contribution is -0.384. The number of rotatable bonds is 5. The molecule has 0 saturated heterocycles. The fourth-order valence-electron chi connectivity index (χ4n) is 2.74. The average molecular weight is 282 g/mol. The molecule has 8 heteroatoms. The number of carboxylic acids is 1. The molecule has 0 unspecified atom stereocenters. The van der Waals surface area contributed by atoms with Crippen molar-refractivity contribution in [2.45, 2.75) is 44.6 Å². The first-order valence-electron chi connectivity index (χ1n) is 6.63. The van der Waals surface area contributed by atoms with Crippen LogP contribution in [0.5, 0.6) is 0 Å². The predicted octanol–water partition coefficient (Wildman–Crippen LogP) is 1.70. The molecule has 1 aromatic rings. The molecule has 110 valence electrons. The maximum atomic E-state index is 11.5. The third-order valence-corrected chi connectivity index (χ3v) is 3.83. The molecule has 1 heterocycles. The summed E-state index contributed by atoms with van der Waals surface area (Å²) in [4.78, 5) is 22.3. The highest BCUT2D eigenvalue weighted by molar-refractivity contribution is 5.84. The Balaban J connectivity index is 2.45. The number of nitro groups is 1. The Bertz CT molecular complexity index is 546. The molecule has 1 aliphatic carbocycles. The molecule has 0 amide bonds. The first kappa shape index (κ1) is 14.3. The zero-order valence-corrected chi connectivity index (χ0v) is 11.5. The van der Waals surface area contributed by atoms with E-state index in [2.05, 4.69) is 10.4 Å². The summed E-state index contributed by atoms with van der Waals surface area (Å²) < 4.78 is 1.36. The maximum Gasteiger partial charge on any atom is 0.334 e. The summed E-state index contributed by atoms with van der Waals surface area (Å²) in [5.41, 5.74) is -0.884. The van der Waals surface area contributed by atoms with E-state index in [1.165, 1.54) is 4.68 Å². The third-order valence-electron chi connectivity index (χ3n) is 3.83. The van der Waals surface area contributed by atoms with Gasteiger partial charge >= 0.3 is 11.7 Å². The van der Waals surface area contributed by atoms with Crippen LogP contribution in [0.1, 0.15) is 38.3 Å². The molecule has 1 fully saturated rings. The number of nitrogens with one attached hydrogen (secondary N) is 1. The smallest absolute Gasteiger partial charge is 0.334 e. The van der Waals surface area contributed by atoms with Gasteiger partial charge < -0.3 is 10.4 Å². The number of carboxylic acid groups (broad SMARTS) is 1. The highest BCUT2D eigenvalue weighted by Crippen LogP contribution is 2.37. The van der Waals surface area contributed by atoms with Crippen molar-refractivity contribution in [2.24, 2.45) is 7.05 Å². The molecule has 1 aromatic heterocycles. The lowest BCUT2D eigenvalue weighted by Crippen LogP contribution is -2.44. The van der Waals surface area contributed by atoms with E-state index in [9.17, 15) is 20.0 Å². The van der Waals surface area contributed by atoms with Gasteiger partial charge in [0.05, 0.1) is 4.92 Å². The van der Waals surface area contributed by atoms with Gasteiger partial charge in [-0.05, 0) is 19.3 Å². The number of aliphatic carboxylic acids is 1. The first-order valence-corrected chi connectivity index (χ1v) is 6.63. The van der Waals surface area contributed by atoms with Gasteiger partial charge in [0, 0.05) is 7.05 Å². The van der Waals surface area contributed by atoms with Crippen LogP contribution in [0.4, 0.5) is 11.5 Å². The summed E-state index contributed by atoms with van der Waals surface area (Å²) in [6.45, 7) is 1.78. The molecule has 0 bridgehead atoms. The minimum atomic E-state index is -1.12. The summed E-state index contributed by atoms with van der Waals surface area (Å²) in [5.74, 6) is -0.792. The summed E-state index contributed by atoms with van der Waals surface area (Å²) >= 11 is 0. The molecule has 8 nitrogen and oxygen atoms in total. The molecular weight excluding hydrogens is 264 g/mol. The summed E-state index contributed by atoms with van der Waals surface area (Å²) in [7, 11) is 1.58. The van der Waals surface area contributed by atoms with Crippen LogP contribution < -0.4 is 5.32 Å². The molecule has 0 aromatic carbocycles. The molecule has 0 atom stereocenters. The largest absolute Gasteiger partial charge is 0.480 e. The highest BCUT2D eigenvalue weighted by atomic mass is 16.6. The quantitative estimate of drug-likeness (QED) is 0.628. The Morgan fingerprint density at radius 3 is 2.60 bits per heavy atom. The SMILES string of the molecule is CCc1nn(C)c(NC2(C(=O)O)CCCC2)c1[N+](=O)[O-]. The van der Waals surface area contributed by atoms with E-state index >= 15 is 0 Å². The van der Waals surface area contributed by atoms with E-state index in [-0.39, 0.29) is 11.5 Å². The van der Waals surface area contributed by atoms with Crippen molar-refractivity contribution in [3.63, 3.8) is 0 Å². The van der Waals surface area contributed by atoms with Crippen LogP contribution in [0, 0.1) is 10.1 Å². The Hall–Kier alpha value is -2.12. The third kappa shape index (κ3) is 2.21. The van der Waals surface area contributed by atoms with Crippen LogP contribution in [0.3, 0.4) is 0 Å². The Labute approximate surface area is 115 Å². The Kier molecular flexibility index (Phi) is 3.65. The molecule has 1 aliphatic rings. The first-order chi connectivity index (χ1) is 9.41. The minimum absolute atomic E-state index is 0.123. The van der Waals surface area contributed by atoms with Crippen molar-refractivity contribution in [2.75, 3.05) is 5.32 Å². The molecule has 0 spiro atoms. The van der Waals surface area contributed by atoms with Crippen molar-refractivity contribution in [1.82, 2.24) is 9.78 Å². The van der Waals surface area contributed by atoms with Crippen LogP contribution in [0.15, 0.2) is 0 Å². The van der Waals surface area contributed by atoms with Crippen molar-refractivity contribution in [1.29, 1.82) is 0 Å². The molecule has 2 rings (SSSR count). The number of hydrogen-bond donors (Lipinski definition) is 2. The number of hydrogen-bond acceptors (Lipinski definition) is 5. The van der Waals surface area contributed by atoms with Gasteiger partial charge in [-0.25, -0.2) is 9.48 Å². The van der Waals surface area contributed by atoms with E-state index in [1.54, 1.807) is 14.0 Å². The fraction of sp³-hybridized carbons (Fsp3) is 0.667. The summed E-state index contributed by atoms with van der Waals surface area (Å²) in [6, 6.07) is 0. The van der Waals surface area contributed by atoms with Gasteiger partial charge in [0.15, 0.2) is 0 Å². The Morgan fingerprint density at radius 2 is 2.15 bits per heavy atom. The van der Waals surface area contributed by atoms with Gasteiger partial charge in [0.25, 0.3) is 0 Å². The normalized spacial score (nSPS) is 17.1. The number of aryl methyl sites for hydroxylation is 2. The predicted molar refractivity (Wildman–Crippen MR) is 71.7 cm³/mol. The van der Waals surface area contributed by atoms with Gasteiger partial charge in [0.1, 0.15) is 11.2 Å². The van der Waals surface area contributed by atoms with Gasteiger partial charge in [0.2, 0.25) is 5.82 Å². The van der Waals surface area contributed by atoms with Crippen LogP contribution >= 0.6 is 0 Å². The molecular formula is C12H18N4O4. The van der Waals surface area contributed by atoms with Gasteiger partial charge in [-0.2, -0.15) is 5.10 Å². The Morgan fingerprint density at radius 1 is 1.55 bits per heavy atom. The van der Waals surface area contributed by atoms with Crippen LogP contribution in [0.2, 0.25) is 0 Å². The average Bonchev–Trinajstić information content (AvgIpc) is 2.96. The second-order valence-corrected chi connectivity index (χ2v) is 5.10. The van der Waals surface area contributed by atoms with Crippen LogP contribution in [-0.4, -0.2) is 31.3 Å². The molecule has 0 aliphatic heterocycles. The van der Waals surface area contributed by atoms with Crippen LogP contribution in [0.25, 0.3) is 0 Å². The van der Waals surface area contributed by atoms with Gasteiger partial charge in [-0.3, -0.25) is 10.1 Å². The second-order valence-electron chi connectivity index (χ2n) is 5.10. The topological polar surface area (TPSA) is 110 Å². The zero-order chi connectivity index (χ0) is 14.9. The van der Waals surface area contributed by atoms with Crippen molar-refractivity contribution < 1.29 is 14.8 Å². The second kappa shape index (κ2) is 5.10. The van der Waals surface area contributed by atoms with E-state index in [1.807, 2.05) is 0 Å². The molecule has 0 radical (unpaired) electrons. The lowest BCUT2D eigenvalue weighted by Gasteiger charge is -2.25. The van der Waals surface area contributed by atoms with Crippen molar-refractivity contribution in [3.05, 3.63) is 15.8 Å². The van der Waals surface area contributed by atoms with Crippen molar-refractivity contribution >= 4 is 17.5 Å². The maximum absolute atomic E-state index is 11.5. The van der Waals surface area contributed by atoms with E-state index < -0.39 is 16.4 Å². The monoisotopic (exact) mass is 282 g/mol. The van der Waals surface area contributed by atoms with Gasteiger partial charge in [-0.15, -0.1) is 0 Å². The van der Waals surface area contributed by atoms with E-state index in [0.717, 1.165) is 12.8 Å². The minimum Gasteiger partial charge on any atom is -0.480 e. The highest BCUT2D eigenvalue weighted by Gasteiger charge is 2.44. The molecule has 1 saturated carbocycles. The molecule has 20 heavy (non-hydrogen) atoms. The van der Waals surface area contributed by atoms with Gasteiger partial charge in [-0.1, -0.05) is 19.8 Å². The zero-order valence-electron chi connectivity index (χ0n) is 11.5.